The molecule has 0 radical (unpaired) electrons. The Kier molecular flexibility index (Phi) is 6.97. The van der Waals surface area contributed by atoms with E-state index in [1.165, 1.54) is 10.5 Å². The fourth-order valence-electron chi connectivity index (χ4n) is 1.48. The monoisotopic (exact) mass is 329 g/mol. The second kappa shape index (κ2) is 7.97. The van der Waals surface area contributed by atoms with Crippen molar-refractivity contribution in [3.05, 3.63) is 29.8 Å². The summed E-state index contributed by atoms with van der Waals surface area (Å²) in [6.45, 7) is 4.91. The molecule has 1 aromatic carbocycles. The van der Waals surface area contributed by atoms with Crippen molar-refractivity contribution in [2.24, 2.45) is 5.41 Å². The zero-order valence-electron chi connectivity index (χ0n) is 10.9. The van der Waals surface area contributed by atoms with E-state index in [1.807, 2.05) is 6.92 Å². The fraction of sp³-hybridized carbons (Fsp3) is 0.500. The van der Waals surface area contributed by atoms with Crippen LogP contribution in [0.2, 0.25) is 0 Å². The summed E-state index contributed by atoms with van der Waals surface area (Å²) in [5.74, 6) is 0. The van der Waals surface area contributed by atoms with Gasteiger partial charge >= 0.3 is 0 Å². The Balaban J connectivity index is 2.35. The van der Waals surface area contributed by atoms with E-state index in [4.69, 9.17) is 0 Å². The molecule has 0 aliphatic rings. The number of benzene rings is 1. The van der Waals surface area contributed by atoms with Gasteiger partial charge in [-0.2, -0.15) is 0 Å². The number of carbonyl (C=O) groups excluding carboxylic acids is 1. The summed E-state index contributed by atoms with van der Waals surface area (Å²) in [7, 11) is 0. The van der Waals surface area contributed by atoms with Gasteiger partial charge in [0, 0.05) is 22.2 Å². The molecule has 1 atom stereocenters. The molecule has 1 rings (SSSR count). The molecule has 0 aliphatic heterocycles. The fourth-order valence-corrected chi connectivity index (χ4v) is 2.56. The second-order valence-electron chi connectivity index (χ2n) is 4.65. The van der Waals surface area contributed by atoms with Crippen LogP contribution in [0.4, 0.5) is 0 Å². The average molecular weight is 330 g/mol. The summed E-state index contributed by atoms with van der Waals surface area (Å²) in [5.41, 5.74) is 1.08. The van der Waals surface area contributed by atoms with Crippen molar-refractivity contribution in [2.45, 2.75) is 36.9 Å². The quantitative estimate of drug-likeness (QED) is 0.335. The number of rotatable bonds is 8. The molecule has 18 heavy (non-hydrogen) atoms. The van der Waals surface area contributed by atoms with E-state index in [-0.39, 0.29) is 5.41 Å². The molecule has 0 aliphatic carbocycles. The molecule has 100 valence electrons. The topological polar surface area (TPSA) is 29.1 Å². The van der Waals surface area contributed by atoms with Crippen LogP contribution in [0, 0.1) is 5.41 Å². The largest absolute Gasteiger partial charge is 0.303 e. The molecule has 4 heteroatoms. The minimum Gasteiger partial charge on any atom is -0.303 e. The van der Waals surface area contributed by atoms with Crippen LogP contribution in [0.5, 0.6) is 0 Å². The SMILES string of the molecule is CCC(C)(C=O)CCNSc1cccc(CBr)c1. The Morgan fingerprint density at radius 2 is 2.28 bits per heavy atom. The maximum Gasteiger partial charge on any atom is 0.125 e. The maximum absolute atomic E-state index is 11.0. The Morgan fingerprint density at radius 1 is 1.50 bits per heavy atom. The van der Waals surface area contributed by atoms with Crippen molar-refractivity contribution in [3.8, 4) is 0 Å². The average Bonchev–Trinajstić information content (AvgIpc) is 2.43. The van der Waals surface area contributed by atoms with Crippen LogP contribution < -0.4 is 4.72 Å². The number of hydrogen-bond donors (Lipinski definition) is 1. The standard InChI is InChI=1S/C14H20BrNOS/c1-3-14(2,11-17)7-8-16-18-13-6-4-5-12(9-13)10-15/h4-6,9,11,16H,3,7-8,10H2,1-2H3. The smallest absolute Gasteiger partial charge is 0.125 e. The summed E-state index contributed by atoms with van der Waals surface area (Å²) >= 11 is 5.07. The molecule has 0 heterocycles. The van der Waals surface area contributed by atoms with Gasteiger partial charge in [-0.25, -0.2) is 0 Å². The van der Waals surface area contributed by atoms with Crippen LogP contribution in [-0.4, -0.2) is 12.8 Å². The molecule has 2 nitrogen and oxygen atoms in total. The van der Waals surface area contributed by atoms with Crippen LogP contribution in [0.25, 0.3) is 0 Å². The van der Waals surface area contributed by atoms with Crippen molar-refractivity contribution in [2.75, 3.05) is 6.54 Å². The van der Waals surface area contributed by atoms with E-state index in [2.05, 4.69) is 51.8 Å². The Labute approximate surface area is 122 Å². The summed E-state index contributed by atoms with van der Waals surface area (Å²) in [6, 6.07) is 8.40. The molecule has 1 unspecified atom stereocenters. The molecule has 0 amide bonds. The van der Waals surface area contributed by atoms with Crippen molar-refractivity contribution in [1.29, 1.82) is 0 Å². The van der Waals surface area contributed by atoms with Gasteiger partial charge in [0.1, 0.15) is 6.29 Å². The third-order valence-electron chi connectivity index (χ3n) is 3.13. The minimum atomic E-state index is -0.189. The predicted molar refractivity (Wildman–Crippen MR) is 82.0 cm³/mol. The highest BCUT2D eigenvalue weighted by Crippen LogP contribution is 2.23. The summed E-state index contributed by atoms with van der Waals surface area (Å²) < 4.78 is 3.32. The molecule has 0 bridgehead atoms. The van der Waals surface area contributed by atoms with E-state index >= 15 is 0 Å². The highest BCUT2D eigenvalue weighted by atomic mass is 79.9. The first-order valence-corrected chi connectivity index (χ1v) is 8.08. The van der Waals surface area contributed by atoms with E-state index in [0.717, 1.165) is 31.0 Å². The summed E-state index contributed by atoms with van der Waals surface area (Å²) in [4.78, 5) is 12.2. The molecule has 1 N–H and O–H groups in total. The van der Waals surface area contributed by atoms with Gasteiger partial charge in [-0.05, 0) is 42.5 Å². The molecule has 0 fully saturated rings. The first kappa shape index (κ1) is 15.7. The van der Waals surface area contributed by atoms with E-state index < -0.39 is 0 Å². The summed E-state index contributed by atoms with van der Waals surface area (Å²) in [5, 5.41) is 0.875. The molecule has 0 saturated heterocycles. The van der Waals surface area contributed by atoms with Crippen molar-refractivity contribution < 1.29 is 4.79 Å². The minimum absolute atomic E-state index is 0.189. The second-order valence-corrected chi connectivity index (χ2v) is 6.18. The van der Waals surface area contributed by atoms with Gasteiger partial charge < -0.3 is 4.79 Å². The van der Waals surface area contributed by atoms with Gasteiger partial charge in [0.05, 0.1) is 0 Å². The number of aldehydes is 1. The zero-order valence-corrected chi connectivity index (χ0v) is 13.3. The van der Waals surface area contributed by atoms with Crippen LogP contribution in [0.15, 0.2) is 29.2 Å². The van der Waals surface area contributed by atoms with E-state index in [9.17, 15) is 4.79 Å². The number of hydrogen-bond acceptors (Lipinski definition) is 3. The van der Waals surface area contributed by atoms with Gasteiger partial charge in [-0.1, -0.05) is 41.9 Å². The van der Waals surface area contributed by atoms with Crippen LogP contribution in [0.1, 0.15) is 32.3 Å². The van der Waals surface area contributed by atoms with Gasteiger partial charge in [-0.15, -0.1) is 0 Å². The van der Waals surface area contributed by atoms with E-state index in [0.29, 0.717) is 0 Å². The third-order valence-corrected chi connectivity index (χ3v) is 4.62. The zero-order chi connectivity index (χ0) is 13.4. The lowest BCUT2D eigenvalue weighted by molar-refractivity contribution is -0.115. The van der Waals surface area contributed by atoms with Gasteiger partial charge in [0.2, 0.25) is 0 Å². The predicted octanol–water partition coefficient (Wildman–Crippen LogP) is 4.18. The van der Waals surface area contributed by atoms with Crippen molar-refractivity contribution in [1.82, 2.24) is 4.72 Å². The van der Waals surface area contributed by atoms with Crippen LogP contribution in [0.3, 0.4) is 0 Å². The van der Waals surface area contributed by atoms with Gasteiger partial charge in [-0.3, -0.25) is 4.72 Å². The highest BCUT2D eigenvalue weighted by molar-refractivity contribution is 9.08. The maximum atomic E-state index is 11.0. The first-order chi connectivity index (χ1) is 8.63. The van der Waals surface area contributed by atoms with Crippen molar-refractivity contribution >= 4 is 34.2 Å². The summed E-state index contributed by atoms with van der Waals surface area (Å²) in [6.07, 6.45) is 2.84. The van der Waals surface area contributed by atoms with E-state index in [1.54, 1.807) is 11.9 Å². The Hall–Kier alpha value is -0.320. The third kappa shape index (κ3) is 5.12. The van der Waals surface area contributed by atoms with Crippen molar-refractivity contribution in [3.63, 3.8) is 0 Å². The Bertz CT molecular complexity index is 386. The number of alkyl halides is 1. The van der Waals surface area contributed by atoms with Gasteiger partial charge in [0.25, 0.3) is 0 Å². The molecule has 0 saturated carbocycles. The van der Waals surface area contributed by atoms with Crippen LogP contribution >= 0.6 is 27.9 Å². The van der Waals surface area contributed by atoms with Crippen LogP contribution in [-0.2, 0) is 10.1 Å². The normalized spacial score (nSPS) is 14.2. The lowest BCUT2D eigenvalue weighted by Gasteiger charge is -2.20. The highest BCUT2D eigenvalue weighted by Gasteiger charge is 2.20. The first-order valence-electron chi connectivity index (χ1n) is 6.14. The molecular formula is C14H20BrNOS. The van der Waals surface area contributed by atoms with Gasteiger partial charge in [0.15, 0.2) is 0 Å². The lowest BCUT2D eigenvalue weighted by Crippen LogP contribution is -2.22. The molecular weight excluding hydrogens is 310 g/mol. The lowest BCUT2D eigenvalue weighted by atomic mass is 9.86. The molecule has 0 spiro atoms. The molecule has 1 aromatic rings. The molecule has 0 aromatic heterocycles. The number of nitrogens with one attached hydrogen (secondary N) is 1. The number of carbonyl (C=O) groups is 1. The number of halogens is 1. The Morgan fingerprint density at radius 3 is 2.89 bits per heavy atom.